The summed E-state index contributed by atoms with van der Waals surface area (Å²) in [5.74, 6) is 0.338. The van der Waals surface area contributed by atoms with Crippen molar-refractivity contribution in [3.63, 3.8) is 0 Å². The van der Waals surface area contributed by atoms with E-state index in [0.29, 0.717) is 34.4 Å². The highest BCUT2D eigenvalue weighted by molar-refractivity contribution is 6.38. The first-order valence-corrected chi connectivity index (χ1v) is 14.5. The highest BCUT2D eigenvalue weighted by atomic mass is 35.5. The molecule has 6 rings (SSSR count). The van der Waals surface area contributed by atoms with Gasteiger partial charge < -0.3 is 9.47 Å². The van der Waals surface area contributed by atoms with Crippen molar-refractivity contribution in [3.8, 4) is 23.0 Å². The Bertz CT molecular complexity index is 1760. The van der Waals surface area contributed by atoms with Gasteiger partial charge in [0.05, 0.1) is 21.4 Å². The number of amides is 4. The quantitative estimate of drug-likeness (QED) is 0.183. The average Bonchev–Trinajstić information content (AvgIpc) is 3.53. The average molecular weight is 639 g/mol. The largest absolute Gasteiger partial charge is 0.457 e. The topological polar surface area (TPSA) is 93.2 Å². The van der Waals surface area contributed by atoms with Crippen molar-refractivity contribution in [2.24, 2.45) is 0 Å². The van der Waals surface area contributed by atoms with Gasteiger partial charge in [0.15, 0.2) is 0 Å². The zero-order chi connectivity index (χ0) is 31.9. The number of carbonyl (C=O) groups excluding carboxylic acids is 4. The maximum atomic E-state index is 12.0. The van der Waals surface area contributed by atoms with Gasteiger partial charge in [-0.3, -0.25) is 19.2 Å². The fourth-order valence-corrected chi connectivity index (χ4v) is 5.57. The Hall–Kier alpha value is -5.18. The molecule has 0 aliphatic carbocycles. The lowest BCUT2D eigenvalue weighted by Crippen LogP contribution is -2.29. The van der Waals surface area contributed by atoms with Crippen LogP contribution in [0, 0.1) is 0 Å². The number of carbonyl (C=O) groups is 4. The van der Waals surface area contributed by atoms with E-state index >= 15 is 0 Å². The van der Waals surface area contributed by atoms with Gasteiger partial charge in [-0.05, 0) is 59.7 Å². The van der Waals surface area contributed by atoms with E-state index in [-0.39, 0.29) is 15.5 Å². The van der Waals surface area contributed by atoms with E-state index in [2.05, 4.69) is 13.8 Å². The summed E-state index contributed by atoms with van der Waals surface area (Å²) < 4.78 is 12.0. The predicted molar refractivity (Wildman–Crippen MR) is 171 cm³/mol. The molecule has 224 valence electrons. The van der Waals surface area contributed by atoms with Gasteiger partial charge in [0.2, 0.25) is 0 Å². The molecule has 0 saturated heterocycles. The van der Waals surface area contributed by atoms with Crippen molar-refractivity contribution in [3.05, 3.63) is 130 Å². The van der Waals surface area contributed by atoms with Crippen LogP contribution in [0.4, 0.5) is 11.4 Å². The van der Waals surface area contributed by atoms with Crippen molar-refractivity contribution in [1.29, 1.82) is 0 Å². The number of anilines is 2. The second kappa shape index (κ2) is 11.7. The van der Waals surface area contributed by atoms with Crippen LogP contribution in [0.2, 0.25) is 10.0 Å². The number of hydrogen-bond donors (Lipinski definition) is 0. The molecule has 2 aliphatic rings. The summed E-state index contributed by atoms with van der Waals surface area (Å²) in [6, 6.07) is 25.0. The van der Waals surface area contributed by atoms with Gasteiger partial charge in [-0.25, -0.2) is 9.80 Å². The molecule has 0 N–H and O–H groups in total. The van der Waals surface area contributed by atoms with Crippen LogP contribution in [0.15, 0.2) is 109 Å². The molecule has 0 unspecified atom stereocenters. The molecule has 2 heterocycles. The van der Waals surface area contributed by atoms with E-state index in [1.165, 1.54) is 24.3 Å². The van der Waals surface area contributed by atoms with Gasteiger partial charge >= 0.3 is 0 Å². The first kappa shape index (κ1) is 29.9. The summed E-state index contributed by atoms with van der Waals surface area (Å²) in [6.07, 6.45) is 4.81. The molecule has 4 amide bonds. The highest BCUT2D eigenvalue weighted by Gasteiger charge is 2.28. The first-order valence-electron chi connectivity index (χ1n) is 13.8. The number of ether oxygens (including phenoxy) is 2. The molecule has 0 spiro atoms. The molecule has 0 atom stereocenters. The zero-order valence-electron chi connectivity index (χ0n) is 24.0. The van der Waals surface area contributed by atoms with E-state index in [1.54, 1.807) is 36.4 Å². The second-order valence-corrected chi connectivity index (χ2v) is 11.6. The second-order valence-electron chi connectivity index (χ2n) is 10.8. The molecule has 8 nitrogen and oxygen atoms in total. The van der Waals surface area contributed by atoms with Crippen LogP contribution in [-0.2, 0) is 24.6 Å². The van der Waals surface area contributed by atoms with E-state index in [9.17, 15) is 19.2 Å². The van der Waals surface area contributed by atoms with Gasteiger partial charge in [0.25, 0.3) is 23.6 Å². The number of rotatable bonds is 8. The summed E-state index contributed by atoms with van der Waals surface area (Å²) >= 11 is 12.7. The Morgan fingerprint density at radius 1 is 0.489 bits per heavy atom. The molecule has 0 bridgehead atoms. The number of nitrogens with zero attached hydrogens (tertiary/aromatic N) is 2. The lowest BCUT2D eigenvalue weighted by molar-refractivity contribution is -0.121. The lowest BCUT2D eigenvalue weighted by atomic mass is 9.78. The molecule has 0 radical (unpaired) electrons. The lowest BCUT2D eigenvalue weighted by Gasteiger charge is -2.26. The predicted octanol–water partition coefficient (Wildman–Crippen LogP) is 7.76. The van der Waals surface area contributed by atoms with Gasteiger partial charge in [-0.15, -0.1) is 0 Å². The Labute approximate surface area is 268 Å². The van der Waals surface area contributed by atoms with Crippen LogP contribution in [0.25, 0.3) is 0 Å². The SMILES string of the molecule is CC(C)(c1ccc(Oc2ccc(N3C(=O)C=CC3=O)c(Cl)c2)cc1)c1ccc(Oc2ccc(N3C(=O)C=CC3=O)c(Cl)c2)cc1. The highest BCUT2D eigenvalue weighted by Crippen LogP contribution is 2.38. The molecule has 4 aromatic carbocycles. The minimum absolute atomic E-state index is 0.218. The molecule has 45 heavy (non-hydrogen) atoms. The first-order chi connectivity index (χ1) is 21.5. The van der Waals surface area contributed by atoms with Crippen LogP contribution < -0.4 is 19.3 Å². The number of halogens is 2. The van der Waals surface area contributed by atoms with Crippen molar-refractivity contribution in [1.82, 2.24) is 0 Å². The molecular formula is C35H24Cl2N2O6. The molecule has 4 aromatic rings. The van der Waals surface area contributed by atoms with Crippen LogP contribution >= 0.6 is 23.2 Å². The third-order valence-electron chi connectivity index (χ3n) is 7.56. The molecule has 10 heteroatoms. The minimum atomic E-state index is -0.444. The summed E-state index contributed by atoms with van der Waals surface area (Å²) in [6.45, 7) is 4.22. The third kappa shape index (κ3) is 5.85. The number of benzene rings is 4. The van der Waals surface area contributed by atoms with Crippen LogP contribution in [0.5, 0.6) is 23.0 Å². The van der Waals surface area contributed by atoms with Crippen molar-refractivity contribution in [2.75, 3.05) is 9.80 Å². The molecule has 0 saturated carbocycles. The van der Waals surface area contributed by atoms with Gasteiger partial charge in [-0.1, -0.05) is 61.3 Å². The van der Waals surface area contributed by atoms with Gasteiger partial charge in [-0.2, -0.15) is 0 Å². The van der Waals surface area contributed by atoms with Crippen LogP contribution in [0.3, 0.4) is 0 Å². The Kier molecular flexibility index (Phi) is 7.78. The number of imide groups is 2. The Morgan fingerprint density at radius 2 is 0.800 bits per heavy atom. The Morgan fingerprint density at radius 3 is 1.11 bits per heavy atom. The monoisotopic (exact) mass is 638 g/mol. The normalized spacial score (nSPS) is 14.6. The summed E-state index contributed by atoms with van der Waals surface area (Å²) in [4.78, 5) is 50.0. The number of hydrogen-bond acceptors (Lipinski definition) is 6. The molecule has 0 aromatic heterocycles. The summed E-state index contributed by atoms with van der Waals surface area (Å²) in [5, 5.41) is 0.437. The van der Waals surface area contributed by atoms with E-state index in [4.69, 9.17) is 32.7 Å². The van der Waals surface area contributed by atoms with E-state index in [1.807, 2.05) is 48.5 Å². The van der Waals surface area contributed by atoms with Gasteiger partial charge in [0.1, 0.15) is 23.0 Å². The standard InChI is InChI=1S/C35H24Cl2N2O6/c1-35(2,21-3-7-23(8-4-21)44-25-11-13-29(27(36)19-25)38-31(40)15-16-32(38)41)22-5-9-24(10-6-22)45-26-12-14-30(28(37)20-26)39-33(42)17-18-34(39)43/h3-20H,1-2H3. The van der Waals surface area contributed by atoms with Crippen molar-refractivity contribution >= 4 is 58.2 Å². The summed E-state index contributed by atoms with van der Waals surface area (Å²) in [5.41, 5.74) is 2.35. The maximum absolute atomic E-state index is 12.0. The van der Waals surface area contributed by atoms with E-state index in [0.717, 1.165) is 20.9 Å². The molecule has 0 fully saturated rings. The Balaban J connectivity index is 1.11. The fraction of sp³-hybridized carbons (Fsp3) is 0.0857. The minimum Gasteiger partial charge on any atom is -0.457 e. The maximum Gasteiger partial charge on any atom is 0.258 e. The van der Waals surface area contributed by atoms with Crippen molar-refractivity contribution in [2.45, 2.75) is 19.3 Å². The van der Waals surface area contributed by atoms with Gasteiger partial charge in [0, 0.05) is 41.9 Å². The molecular weight excluding hydrogens is 615 g/mol. The van der Waals surface area contributed by atoms with E-state index < -0.39 is 23.6 Å². The zero-order valence-corrected chi connectivity index (χ0v) is 25.5. The van der Waals surface area contributed by atoms with Crippen LogP contribution in [-0.4, -0.2) is 23.6 Å². The van der Waals surface area contributed by atoms with Crippen molar-refractivity contribution < 1.29 is 28.7 Å². The molecule has 2 aliphatic heterocycles. The fourth-order valence-electron chi connectivity index (χ4n) is 5.06. The summed E-state index contributed by atoms with van der Waals surface area (Å²) in [7, 11) is 0. The van der Waals surface area contributed by atoms with Crippen LogP contribution in [0.1, 0.15) is 25.0 Å². The smallest absolute Gasteiger partial charge is 0.258 e. The third-order valence-corrected chi connectivity index (χ3v) is 8.17.